The van der Waals surface area contributed by atoms with Gasteiger partial charge in [0.15, 0.2) is 6.10 Å². The Morgan fingerprint density at radius 1 is 0.379 bits per heavy atom. The molecule has 0 aromatic heterocycles. The van der Waals surface area contributed by atoms with Gasteiger partial charge in [0.05, 0.1) is 6.61 Å². The molecule has 0 rings (SSSR count). The van der Waals surface area contributed by atoms with E-state index in [0.717, 1.165) is 64.2 Å². The molecule has 0 bridgehead atoms. The number of esters is 2. The van der Waals surface area contributed by atoms with Crippen molar-refractivity contribution in [2.24, 2.45) is 0 Å². The van der Waals surface area contributed by atoms with Crippen molar-refractivity contribution in [1.29, 1.82) is 0 Å². The van der Waals surface area contributed by atoms with Crippen molar-refractivity contribution in [3.63, 3.8) is 0 Å². The number of unbranched alkanes of at least 4 members (excludes halogenated alkanes) is 30. The van der Waals surface area contributed by atoms with Gasteiger partial charge in [-0.15, -0.1) is 0 Å². The van der Waals surface area contributed by atoms with Gasteiger partial charge >= 0.3 is 11.9 Å². The summed E-state index contributed by atoms with van der Waals surface area (Å²) in [6.07, 6.45) is 58.7. The molecule has 0 aromatic rings. The lowest BCUT2D eigenvalue weighted by molar-refractivity contribution is -0.163. The minimum atomic E-state index is -0.533. The Balaban J connectivity index is 4.07. The Kier molecular flexibility index (Phi) is 47.9. The van der Waals surface area contributed by atoms with Crippen LogP contribution in [0, 0.1) is 0 Å². The summed E-state index contributed by atoms with van der Waals surface area (Å²) < 4.78 is 17.3. The zero-order valence-corrected chi connectivity index (χ0v) is 39.1. The third-order valence-corrected chi connectivity index (χ3v) is 11.2. The molecule has 0 fully saturated rings. The molecule has 5 heteroatoms. The van der Waals surface area contributed by atoms with Gasteiger partial charge in [-0.2, -0.15) is 0 Å². The Hall–Kier alpha value is -1.88. The summed E-state index contributed by atoms with van der Waals surface area (Å²) in [5, 5.41) is 0. The van der Waals surface area contributed by atoms with Gasteiger partial charge in [0.1, 0.15) is 6.61 Å². The smallest absolute Gasteiger partial charge is 0.306 e. The van der Waals surface area contributed by atoms with Crippen LogP contribution in [0.15, 0.2) is 36.5 Å². The predicted octanol–water partition coefficient (Wildman–Crippen LogP) is 17.0. The first-order chi connectivity index (χ1) is 28.6. The summed E-state index contributed by atoms with van der Waals surface area (Å²) in [4.78, 5) is 25.3. The second-order valence-corrected chi connectivity index (χ2v) is 17.1. The van der Waals surface area contributed by atoms with Crippen molar-refractivity contribution in [2.45, 2.75) is 271 Å². The summed E-state index contributed by atoms with van der Waals surface area (Å²) in [5.41, 5.74) is 0. The molecule has 0 heterocycles. The van der Waals surface area contributed by atoms with Gasteiger partial charge < -0.3 is 14.2 Å². The average Bonchev–Trinajstić information content (AvgIpc) is 3.22. The highest BCUT2D eigenvalue weighted by molar-refractivity contribution is 5.70. The Bertz CT molecular complexity index is 924. The number of allylic oxidation sites excluding steroid dienone is 6. The maximum Gasteiger partial charge on any atom is 0.306 e. The van der Waals surface area contributed by atoms with Gasteiger partial charge in [0, 0.05) is 19.4 Å². The van der Waals surface area contributed by atoms with Gasteiger partial charge in [-0.1, -0.05) is 231 Å². The van der Waals surface area contributed by atoms with E-state index in [4.69, 9.17) is 14.2 Å². The lowest BCUT2D eigenvalue weighted by Crippen LogP contribution is -2.30. The van der Waals surface area contributed by atoms with Crippen molar-refractivity contribution < 1.29 is 23.8 Å². The molecule has 0 spiro atoms. The molecule has 0 saturated carbocycles. The van der Waals surface area contributed by atoms with Crippen molar-refractivity contribution >= 4 is 11.9 Å². The van der Waals surface area contributed by atoms with E-state index in [9.17, 15) is 9.59 Å². The molecule has 0 radical (unpaired) electrons. The Labute approximate surface area is 361 Å². The van der Waals surface area contributed by atoms with Crippen LogP contribution in [-0.4, -0.2) is 37.9 Å². The predicted molar refractivity (Wildman–Crippen MR) is 252 cm³/mol. The van der Waals surface area contributed by atoms with Crippen LogP contribution in [0.1, 0.15) is 265 Å². The summed E-state index contributed by atoms with van der Waals surface area (Å²) >= 11 is 0. The van der Waals surface area contributed by atoms with E-state index in [1.807, 2.05) is 0 Å². The Morgan fingerprint density at radius 3 is 1.19 bits per heavy atom. The van der Waals surface area contributed by atoms with E-state index < -0.39 is 6.10 Å². The molecule has 0 N–H and O–H groups in total. The van der Waals surface area contributed by atoms with Crippen LogP contribution in [-0.2, 0) is 23.8 Å². The van der Waals surface area contributed by atoms with E-state index in [0.29, 0.717) is 19.4 Å². The lowest BCUT2D eigenvalue weighted by atomic mass is 10.0. The number of carbonyl (C=O) groups is 2. The number of carbonyl (C=O) groups excluding carboxylic acids is 2. The molecule has 58 heavy (non-hydrogen) atoms. The van der Waals surface area contributed by atoms with E-state index in [1.54, 1.807) is 0 Å². The topological polar surface area (TPSA) is 61.8 Å². The van der Waals surface area contributed by atoms with Gasteiger partial charge in [0.25, 0.3) is 0 Å². The molecule has 0 aromatic carbocycles. The van der Waals surface area contributed by atoms with Crippen molar-refractivity contribution in [3.05, 3.63) is 36.5 Å². The number of hydrogen-bond donors (Lipinski definition) is 0. The van der Waals surface area contributed by atoms with Crippen molar-refractivity contribution in [2.75, 3.05) is 19.8 Å². The number of ether oxygens (including phenoxy) is 3. The third kappa shape index (κ3) is 46.8. The molecule has 1 unspecified atom stereocenters. The summed E-state index contributed by atoms with van der Waals surface area (Å²) in [6, 6.07) is 0. The summed E-state index contributed by atoms with van der Waals surface area (Å²) in [7, 11) is 0. The number of hydrogen-bond acceptors (Lipinski definition) is 5. The minimum Gasteiger partial charge on any atom is -0.462 e. The SMILES string of the molecule is CCCCC/C=C\C/C=C\C/C=C\CCCCCCCCC(=O)OCC(COCCCCCCCC)OC(=O)CCCCCCCCCCCCCCCCCCC. The van der Waals surface area contributed by atoms with Crippen molar-refractivity contribution in [3.8, 4) is 0 Å². The van der Waals surface area contributed by atoms with Crippen LogP contribution in [0.2, 0.25) is 0 Å². The maximum absolute atomic E-state index is 12.7. The normalized spacial score (nSPS) is 12.4. The molecule has 5 nitrogen and oxygen atoms in total. The molecular weight excluding hydrogens is 717 g/mol. The monoisotopic (exact) mass is 815 g/mol. The molecule has 0 saturated heterocycles. The van der Waals surface area contributed by atoms with Crippen molar-refractivity contribution in [1.82, 2.24) is 0 Å². The Morgan fingerprint density at radius 2 is 0.724 bits per heavy atom. The first kappa shape index (κ1) is 56.1. The van der Waals surface area contributed by atoms with Gasteiger partial charge in [0.2, 0.25) is 0 Å². The fourth-order valence-electron chi connectivity index (χ4n) is 7.34. The van der Waals surface area contributed by atoms with E-state index in [1.165, 1.54) is 167 Å². The van der Waals surface area contributed by atoms with Crippen LogP contribution < -0.4 is 0 Å². The molecule has 0 aliphatic heterocycles. The highest BCUT2D eigenvalue weighted by atomic mass is 16.6. The zero-order valence-electron chi connectivity index (χ0n) is 39.1. The largest absolute Gasteiger partial charge is 0.462 e. The van der Waals surface area contributed by atoms with Gasteiger partial charge in [-0.25, -0.2) is 0 Å². The van der Waals surface area contributed by atoms with E-state index >= 15 is 0 Å². The van der Waals surface area contributed by atoms with Crippen LogP contribution >= 0.6 is 0 Å². The van der Waals surface area contributed by atoms with Gasteiger partial charge in [-0.3, -0.25) is 9.59 Å². The molecule has 340 valence electrons. The summed E-state index contributed by atoms with van der Waals surface area (Å²) in [5.74, 6) is -0.402. The van der Waals surface area contributed by atoms with E-state index in [-0.39, 0.29) is 25.2 Å². The molecule has 0 amide bonds. The molecule has 1 atom stereocenters. The quantitative estimate of drug-likeness (QED) is 0.0348. The first-order valence-electron chi connectivity index (χ1n) is 25.5. The maximum atomic E-state index is 12.7. The molecular formula is C53H98O5. The first-order valence-corrected chi connectivity index (χ1v) is 25.5. The highest BCUT2D eigenvalue weighted by Crippen LogP contribution is 2.16. The summed E-state index contributed by atoms with van der Waals surface area (Å²) in [6.45, 7) is 7.79. The highest BCUT2D eigenvalue weighted by Gasteiger charge is 2.17. The molecule has 0 aliphatic rings. The van der Waals surface area contributed by atoms with E-state index in [2.05, 4.69) is 57.2 Å². The second-order valence-electron chi connectivity index (χ2n) is 17.1. The zero-order chi connectivity index (χ0) is 42.1. The van der Waals surface area contributed by atoms with Crippen LogP contribution in [0.5, 0.6) is 0 Å². The lowest BCUT2D eigenvalue weighted by Gasteiger charge is -2.18. The average molecular weight is 815 g/mol. The third-order valence-electron chi connectivity index (χ3n) is 11.2. The fourth-order valence-corrected chi connectivity index (χ4v) is 7.34. The number of rotatable bonds is 47. The standard InChI is InChI=1S/C53H98O5/c1-4-7-10-13-16-18-20-22-24-26-27-29-30-32-34-36-38-40-43-46-52(54)57-50-51(49-56-48-45-42-15-12-9-6-3)58-53(55)47-44-41-39-37-35-33-31-28-25-23-21-19-17-14-11-8-5-2/h16,18,22,24,27,29,51H,4-15,17,19-21,23,25-26,28,30-50H2,1-3H3/b18-16-,24-22-,29-27-. The van der Waals surface area contributed by atoms with Gasteiger partial charge in [-0.05, 0) is 57.8 Å². The van der Waals surface area contributed by atoms with Crippen LogP contribution in [0.3, 0.4) is 0 Å². The van der Waals surface area contributed by atoms with Crippen LogP contribution in [0.25, 0.3) is 0 Å². The second kappa shape index (κ2) is 49.5. The van der Waals surface area contributed by atoms with Crippen LogP contribution in [0.4, 0.5) is 0 Å². The fraction of sp³-hybridized carbons (Fsp3) is 0.849. The molecule has 0 aliphatic carbocycles. The minimum absolute atomic E-state index is 0.0829.